The van der Waals surface area contributed by atoms with Crippen molar-refractivity contribution in [2.75, 3.05) is 0 Å². The molecule has 1 aliphatic rings. The van der Waals surface area contributed by atoms with Crippen molar-refractivity contribution in [3.8, 4) is 56.2 Å². The molecule has 10 rings (SSSR count). The molecule has 0 fully saturated rings. The molecule has 1 aliphatic carbocycles. The van der Waals surface area contributed by atoms with Gasteiger partial charge in [-0.3, -0.25) is 0 Å². The molecule has 9 aromatic rings. The molecular weight excluding hydrogens is 617 g/mol. The SMILES string of the molecule is CC1(C)c2cc3ccccc3cc2-c2c(-c3ccccc3-c3nc(-c4cccc5ccccc45)cc(-c4cccc5ccccc45)n3)cccc21. The monoisotopic (exact) mass is 650 g/mol. The molecule has 0 unspecified atom stereocenters. The lowest BCUT2D eigenvalue weighted by Gasteiger charge is -2.22. The summed E-state index contributed by atoms with van der Waals surface area (Å²) in [4.78, 5) is 10.8. The maximum absolute atomic E-state index is 5.41. The Labute approximate surface area is 297 Å². The highest BCUT2D eigenvalue weighted by Gasteiger charge is 2.37. The quantitative estimate of drug-likeness (QED) is 0.189. The van der Waals surface area contributed by atoms with E-state index in [4.69, 9.17) is 9.97 Å². The average Bonchev–Trinajstić information content (AvgIpc) is 3.41. The molecule has 2 nitrogen and oxygen atoms in total. The van der Waals surface area contributed by atoms with Gasteiger partial charge in [-0.1, -0.05) is 166 Å². The molecule has 1 heterocycles. The predicted octanol–water partition coefficient (Wildman–Crippen LogP) is 12.9. The summed E-state index contributed by atoms with van der Waals surface area (Å²) in [5.74, 6) is 0.715. The molecule has 51 heavy (non-hydrogen) atoms. The summed E-state index contributed by atoms with van der Waals surface area (Å²) < 4.78 is 0. The van der Waals surface area contributed by atoms with Crippen LogP contribution in [0.25, 0.3) is 88.5 Å². The van der Waals surface area contributed by atoms with Crippen LogP contribution in [-0.2, 0) is 5.41 Å². The second kappa shape index (κ2) is 11.3. The van der Waals surface area contributed by atoms with Gasteiger partial charge in [-0.25, -0.2) is 9.97 Å². The molecule has 0 aliphatic heterocycles. The van der Waals surface area contributed by atoms with Crippen molar-refractivity contribution in [2.45, 2.75) is 19.3 Å². The van der Waals surface area contributed by atoms with Crippen molar-refractivity contribution >= 4 is 32.3 Å². The molecule has 0 saturated heterocycles. The van der Waals surface area contributed by atoms with Crippen LogP contribution in [0.4, 0.5) is 0 Å². The van der Waals surface area contributed by atoms with Gasteiger partial charge in [0.05, 0.1) is 11.4 Å². The molecule has 1 aromatic heterocycles. The van der Waals surface area contributed by atoms with E-state index in [2.05, 4.69) is 184 Å². The van der Waals surface area contributed by atoms with Crippen LogP contribution in [-0.4, -0.2) is 9.97 Å². The van der Waals surface area contributed by atoms with E-state index >= 15 is 0 Å². The Balaban J connectivity index is 1.24. The van der Waals surface area contributed by atoms with Crippen molar-refractivity contribution in [1.82, 2.24) is 9.97 Å². The minimum atomic E-state index is -0.133. The van der Waals surface area contributed by atoms with Gasteiger partial charge in [0.1, 0.15) is 0 Å². The van der Waals surface area contributed by atoms with Crippen LogP contribution in [0.2, 0.25) is 0 Å². The van der Waals surface area contributed by atoms with E-state index in [9.17, 15) is 0 Å². The first-order valence-corrected chi connectivity index (χ1v) is 17.7. The maximum Gasteiger partial charge on any atom is 0.161 e. The molecule has 0 bridgehead atoms. The summed E-state index contributed by atoms with van der Waals surface area (Å²) in [6.07, 6.45) is 0. The Hall–Kier alpha value is -6.38. The summed E-state index contributed by atoms with van der Waals surface area (Å²) in [6, 6.07) is 61.2. The lowest BCUT2D eigenvalue weighted by Crippen LogP contribution is -2.14. The molecule has 2 heteroatoms. The number of fused-ring (bicyclic) bond motifs is 6. The van der Waals surface area contributed by atoms with Crippen LogP contribution in [0.15, 0.2) is 170 Å². The van der Waals surface area contributed by atoms with Gasteiger partial charge in [0.15, 0.2) is 5.82 Å². The first-order chi connectivity index (χ1) is 25.0. The Morgan fingerprint density at radius 3 is 1.47 bits per heavy atom. The molecule has 0 atom stereocenters. The second-order valence-electron chi connectivity index (χ2n) is 14.2. The lowest BCUT2D eigenvalue weighted by atomic mass is 9.81. The molecule has 0 spiro atoms. The van der Waals surface area contributed by atoms with Crippen molar-refractivity contribution in [3.63, 3.8) is 0 Å². The fourth-order valence-corrected chi connectivity index (χ4v) is 8.35. The smallest absolute Gasteiger partial charge is 0.161 e. The highest BCUT2D eigenvalue weighted by Crippen LogP contribution is 2.54. The van der Waals surface area contributed by atoms with E-state index in [0.29, 0.717) is 5.82 Å². The van der Waals surface area contributed by atoms with E-state index in [1.807, 2.05) is 0 Å². The summed E-state index contributed by atoms with van der Waals surface area (Å²) in [7, 11) is 0. The third-order valence-electron chi connectivity index (χ3n) is 10.9. The topological polar surface area (TPSA) is 25.8 Å². The zero-order chi connectivity index (χ0) is 34.1. The van der Waals surface area contributed by atoms with E-state index < -0.39 is 0 Å². The van der Waals surface area contributed by atoms with Crippen LogP contribution < -0.4 is 0 Å². The molecule has 8 aromatic carbocycles. The molecule has 0 N–H and O–H groups in total. The van der Waals surface area contributed by atoms with Crippen molar-refractivity contribution in [2.24, 2.45) is 0 Å². The van der Waals surface area contributed by atoms with Gasteiger partial charge in [0.2, 0.25) is 0 Å². The zero-order valence-electron chi connectivity index (χ0n) is 28.6. The van der Waals surface area contributed by atoms with E-state index in [-0.39, 0.29) is 5.41 Å². The van der Waals surface area contributed by atoms with E-state index in [0.717, 1.165) is 33.6 Å². The van der Waals surface area contributed by atoms with Gasteiger partial charge in [0.25, 0.3) is 0 Å². The molecule has 0 radical (unpaired) electrons. The minimum absolute atomic E-state index is 0.133. The number of hydrogen-bond donors (Lipinski definition) is 0. The van der Waals surface area contributed by atoms with Crippen molar-refractivity contribution < 1.29 is 0 Å². The summed E-state index contributed by atoms with van der Waals surface area (Å²) in [6.45, 7) is 4.71. The van der Waals surface area contributed by atoms with Crippen molar-refractivity contribution in [3.05, 3.63) is 181 Å². The highest BCUT2D eigenvalue weighted by atomic mass is 14.9. The van der Waals surface area contributed by atoms with Gasteiger partial charge in [-0.2, -0.15) is 0 Å². The summed E-state index contributed by atoms with van der Waals surface area (Å²) >= 11 is 0. The van der Waals surface area contributed by atoms with E-state index in [1.165, 1.54) is 60.1 Å². The lowest BCUT2D eigenvalue weighted by molar-refractivity contribution is 0.661. The normalized spacial score (nSPS) is 13.1. The minimum Gasteiger partial charge on any atom is -0.228 e. The maximum atomic E-state index is 5.41. The standard InChI is InChI=1S/C49H34N2/c1-49(2)43-27-13-26-40(47(43)42-28-33-16-3-4-17-34(33)29-44(42)49)37-22-9-10-23-41(37)48-50-45(38-24-11-18-31-14-5-7-20-35(31)38)30-46(51-48)39-25-12-19-32-15-6-8-21-36(32)39/h3-30H,1-2H3. The van der Waals surface area contributed by atoms with Crippen molar-refractivity contribution in [1.29, 1.82) is 0 Å². The largest absolute Gasteiger partial charge is 0.228 e. The van der Waals surface area contributed by atoms with Gasteiger partial charge in [-0.05, 0) is 83.9 Å². The molecule has 0 saturated carbocycles. The van der Waals surface area contributed by atoms with Crippen LogP contribution in [0, 0.1) is 0 Å². The Kier molecular flexibility index (Phi) is 6.56. The average molecular weight is 651 g/mol. The zero-order valence-corrected chi connectivity index (χ0v) is 28.6. The van der Waals surface area contributed by atoms with Crippen LogP contribution >= 0.6 is 0 Å². The number of hydrogen-bond acceptors (Lipinski definition) is 2. The molecule has 240 valence electrons. The first-order valence-electron chi connectivity index (χ1n) is 17.7. The van der Waals surface area contributed by atoms with Gasteiger partial charge >= 0.3 is 0 Å². The predicted molar refractivity (Wildman–Crippen MR) is 214 cm³/mol. The fraction of sp³-hybridized carbons (Fsp3) is 0.0612. The highest BCUT2D eigenvalue weighted by molar-refractivity contribution is 6.02. The summed E-state index contributed by atoms with van der Waals surface area (Å²) in [5.41, 5.74) is 12.6. The Bertz CT molecular complexity index is 2740. The van der Waals surface area contributed by atoms with Crippen LogP contribution in [0.5, 0.6) is 0 Å². The van der Waals surface area contributed by atoms with Gasteiger partial charge in [0, 0.05) is 22.1 Å². The number of benzene rings is 8. The Morgan fingerprint density at radius 1 is 0.353 bits per heavy atom. The number of nitrogens with zero attached hydrogens (tertiary/aromatic N) is 2. The van der Waals surface area contributed by atoms with Crippen LogP contribution in [0.1, 0.15) is 25.0 Å². The van der Waals surface area contributed by atoms with Gasteiger partial charge < -0.3 is 0 Å². The number of aromatic nitrogens is 2. The van der Waals surface area contributed by atoms with Gasteiger partial charge in [-0.15, -0.1) is 0 Å². The van der Waals surface area contributed by atoms with E-state index in [1.54, 1.807) is 0 Å². The second-order valence-corrected chi connectivity index (χ2v) is 14.2. The molecule has 0 amide bonds. The first kappa shape index (κ1) is 29.5. The summed E-state index contributed by atoms with van der Waals surface area (Å²) in [5, 5.41) is 7.27. The third-order valence-corrected chi connectivity index (χ3v) is 10.9. The third kappa shape index (κ3) is 4.64. The Morgan fingerprint density at radius 2 is 0.824 bits per heavy atom. The fourth-order valence-electron chi connectivity index (χ4n) is 8.35. The molecular formula is C49H34N2. The van der Waals surface area contributed by atoms with Crippen LogP contribution in [0.3, 0.4) is 0 Å². The number of rotatable bonds is 4.